The molecule has 0 heterocycles. The molecular weight excluding hydrogens is 194 g/mol. The first-order valence-electron chi connectivity index (χ1n) is 5.44. The van der Waals surface area contributed by atoms with Crippen molar-refractivity contribution in [2.45, 2.75) is 46.1 Å². The molecule has 15 heavy (non-hydrogen) atoms. The summed E-state index contributed by atoms with van der Waals surface area (Å²) in [5.41, 5.74) is 0. The van der Waals surface area contributed by atoms with Gasteiger partial charge in [0.25, 0.3) is 0 Å². The van der Waals surface area contributed by atoms with Crippen LogP contribution in [-0.2, 0) is 14.3 Å². The van der Waals surface area contributed by atoms with Crippen LogP contribution in [-0.4, -0.2) is 25.0 Å². The van der Waals surface area contributed by atoms with Gasteiger partial charge < -0.3 is 10.1 Å². The van der Waals surface area contributed by atoms with Crippen molar-refractivity contribution in [3.8, 4) is 0 Å². The smallest absolute Gasteiger partial charge is 0.331 e. The van der Waals surface area contributed by atoms with Crippen LogP contribution >= 0.6 is 0 Å². The van der Waals surface area contributed by atoms with Gasteiger partial charge in [-0.1, -0.05) is 27.2 Å². The molecule has 1 N–H and O–H groups in total. The summed E-state index contributed by atoms with van der Waals surface area (Å²) in [6, 6.07) is -0.407. The van der Waals surface area contributed by atoms with Gasteiger partial charge in [-0.25, -0.2) is 4.79 Å². The number of likely N-dealkylation sites (N-methyl/N-ethyl adjacent to an activating group) is 1. The zero-order valence-corrected chi connectivity index (χ0v) is 10.0. The van der Waals surface area contributed by atoms with E-state index < -0.39 is 18.0 Å². The van der Waals surface area contributed by atoms with Gasteiger partial charge in [0, 0.05) is 6.42 Å². The predicted octanol–water partition coefficient (Wildman–Crippen LogP) is 1.49. The molecule has 4 heteroatoms. The first-order chi connectivity index (χ1) is 7.02. The van der Waals surface area contributed by atoms with E-state index in [0.29, 0.717) is 6.42 Å². The Morgan fingerprint density at radius 2 is 1.93 bits per heavy atom. The number of esters is 2. The molecule has 0 aromatic carbocycles. The van der Waals surface area contributed by atoms with Gasteiger partial charge >= 0.3 is 11.9 Å². The summed E-state index contributed by atoms with van der Waals surface area (Å²) in [7, 11) is 1.68. The first-order valence-corrected chi connectivity index (χ1v) is 5.44. The summed E-state index contributed by atoms with van der Waals surface area (Å²) in [5, 5.41) is 2.84. The molecule has 0 aliphatic heterocycles. The normalized spacial score (nSPS) is 12.6. The Hall–Kier alpha value is -0.900. The van der Waals surface area contributed by atoms with E-state index in [9.17, 15) is 9.59 Å². The summed E-state index contributed by atoms with van der Waals surface area (Å²) >= 11 is 0. The van der Waals surface area contributed by atoms with Crippen LogP contribution in [0.4, 0.5) is 0 Å². The van der Waals surface area contributed by atoms with Crippen molar-refractivity contribution in [3.05, 3.63) is 0 Å². The fourth-order valence-electron chi connectivity index (χ4n) is 1.27. The molecule has 0 bridgehead atoms. The summed E-state index contributed by atoms with van der Waals surface area (Å²) in [5.74, 6) is -0.794. The molecule has 0 aromatic rings. The van der Waals surface area contributed by atoms with Gasteiger partial charge in [0.15, 0.2) is 0 Å². The fraction of sp³-hybridized carbons (Fsp3) is 0.818. The summed E-state index contributed by atoms with van der Waals surface area (Å²) in [6.07, 6.45) is 2.00. The molecule has 0 aromatic heterocycles. The second-order valence-electron chi connectivity index (χ2n) is 3.91. The standard InChI is InChI=1S/C11H21NO3/c1-5-6-7-9(13)15-11(14)10(12-4)8(2)3/h8,10,12H,5-7H2,1-4H3/t10-/m0/s1. The SMILES string of the molecule is CCCCC(=O)OC(=O)[C@@H](NC)C(C)C. The van der Waals surface area contributed by atoms with Gasteiger partial charge in [0.1, 0.15) is 6.04 Å². The number of unbranched alkanes of at least 4 members (excludes halogenated alkanes) is 1. The minimum absolute atomic E-state index is 0.112. The first kappa shape index (κ1) is 14.1. The van der Waals surface area contributed by atoms with Crippen LogP contribution in [0.15, 0.2) is 0 Å². The van der Waals surface area contributed by atoms with Crippen LogP contribution in [0.1, 0.15) is 40.0 Å². The molecule has 0 aliphatic carbocycles. The van der Waals surface area contributed by atoms with E-state index in [0.717, 1.165) is 12.8 Å². The number of hydrogen-bond donors (Lipinski definition) is 1. The van der Waals surface area contributed by atoms with Crippen LogP contribution in [0.2, 0.25) is 0 Å². The molecule has 0 fully saturated rings. The number of rotatable bonds is 6. The van der Waals surface area contributed by atoms with E-state index >= 15 is 0 Å². The minimum atomic E-state index is -0.478. The molecule has 88 valence electrons. The lowest BCUT2D eigenvalue weighted by Crippen LogP contribution is -2.40. The van der Waals surface area contributed by atoms with Crippen molar-refractivity contribution < 1.29 is 14.3 Å². The summed E-state index contributed by atoms with van der Waals surface area (Å²) < 4.78 is 4.73. The Kier molecular flexibility index (Phi) is 6.96. The number of carbonyl (C=O) groups is 2. The molecular formula is C11H21NO3. The Balaban J connectivity index is 4.05. The van der Waals surface area contributed by atoms with Crippen molar-refractivity contribution in [3.63, 3.8) is 0 Å². The minimum Gasteiger partial charge on any atom is -0.392 e. The van der Waals surface area contributed by atoms with E-state index in [4.69, 9.17) is 4.74 Å². The third kappa shape index (κ3) is 5.52. The molecule has 0 rings (SSSR count). The molecule has 0 saturated carbocycles. The second kappa shape index (κ2) is 7.40. The molecule has 0 amide bonds. The third-order valence-corrected chi connectivity index (χ3v) is 2.18. The lowest BCUT2D eigenvalue weighted by molar-refractivity contribution is -0.161. The molecule has 0 aliphatic rings. The Labute approximate surface area is 91.4 Å². The summed E-state index contributed by atoms with van der Waals surface area (Å²) in [6.45, 7) is 5.79. The van der Waals surface area contributed by atoms with Crippen LogP contribution in [0.5, 0.6) is 0 Å². The molecule has 0 spiro atoms. The maximum Gasteiger partial charge on any atom is 0.331 e. The number of hydrogen-bond acceptors (Lipinski definition) is 4. The molecule has 0 radical (unpaired) electrons. The van der Waals surface area contributed by atoms with E-state index in [1.807, 2.05) is 20.8 Å². The van der Waals surface area contributed by atoms with E-state index in [2.05, 4.69) is 5.32 Å². The van der Waals surface area contributed by atoms with E-state index in [1.54, 1.807) is 7.05 Å². The largest absolute Gasteiger partial charge is 0.392 e. The quantitative estimate of drug-likeness (QED) is 0.539. The van der Waals surface area contributed by atoms with Crippen molar-refractivity contribution >= 4 is 11.9 Å². The highest BCUT2D eigenvalue weighted by atomic mass is 16.6. The van der Waals surface area contributed by atoms with Crippen LogP contribution in [0, 0.1) is 5.92 Å². The highest BCUT2D eigenvalue weighted by Gasteiger charge is 2.23. The van der Waals surface area contributed by atoms with Gasteiger partial charge in [-0.15, -0.1) is 0 Å². The van der Waals surface area contributed by atoms with Crippen LogP contribution in [0.25, 0.3) is 0 Å². The highest BCUT2D eigenvalue weighted by molar-refractivity contribution is 5.88. The van der Waals surface area contributed by atoms with Crippen molar-refractivity contribution in [1.29, 1.82) is 0 Å². The lowest BCUT2D eigenvalue weighted by atomic mass is 10.1. The van der Waals surface area contributed by atoms with Crippen molar-refractivity contribution in [2.75, 3.05) is 7.05 Å². The zero-order chi connectivity index (χ0) is 11.8. The Morgan fingerprint density at radius 1 is 1.33 bits per heavy atom. The number of ether oxygens (including phenoxy) is 1. The maximum atomic E-state index is 11.5. The average molecular weight is 215 g/mol. The van der Waals surface area contributed by atoms with Gasteiger partial charge in [0.2, 0.25) is 0 Å². The highest BCUT2D eigenvalue weighted by Crippen LogP contribution is 2.05. The second-order valence-corrected chi connectivity index (χ2v) is 3.91. The molecule has 0 saturated heterocycles. The Morgan fingerprint density at radius 3 is 2.33 bits per heavy atom. The zero-order valence-electron chi connectivity index (χ0n) is 10.0. The van der Waals surface area contributed by atoms with Gasteiger partial charge in [-0.05, 0) is 19.4 Å². The van der Waals surface area contributed by atoms with Crippen LogP contribution in [0.3, 0.4) is 0 Å². The third-order valence-electron chi connectivity index (χ3n) is 2.18. The lowest BCUT2D eigenvalue weighted by Gasteiger charge is -2.17. The Bertz CT molecular complexity index is 214. The van der Waals surface area contributed by atoms with Crippen LogP contribution < -0.4 is 5.32 Å². The van der Waals surface area contributed by atoms with Crippen molar-refractivity contribution in [1.82, 2.24) is 5.32 Å². The molecule has 1 atom stereocenters. The monoisotopic (exact) mass is 215 g/mol. The maximum absolute atomic E-state index is 11.5. The van der Waals surface area contributed by atoms with Crippen molar-refractivity contribution in [2.24, 2.45) is 5.92 Å². The van der Waals surface area contributed by atoms with Gasteiger partial charge in [0.05, 0.1) is 0 Å². The number of carbonyl (C=O) groups excluding carboxylic acids is 2. The van der Waals surface area contributed by atoms with E-state index in [1.165, 1.54) is 0 Å². The predicted molar refractivity (Wildman–Crippen MR) is 58.3 cm³/mol. The molecule has 0 unspecified atom stereocenters. The number of nitrogens with one attached hydrogen (secondary N) is 1. The average Bonchev–Trinajstić information content (AvgIpc) is 2.15. The fourth-order valence-corrected chi connectivity index (χ4v) is 1.27. The van der Waals surface area contributed by atoms with Gasteiger partial charge in [-0.2, -0.15) is 0 Å². The van der Waals surface area contributed by atoms with Gasteiger partial charge in [-0.3, -0.25) is 4.79 Å². The molecule has 4 nitrogen and oxygen atoms in total. The summed E-state index contributed by atoms with van der Waals surface area (Å²) in [4.78, 5) is 22.7. The van der Waals surface area contributed by atoms with E-state index in [-0.39, 0.29) is 5.92 Å². The topological polar surface area (TPSA) is 55.4 Å².